The topological polar surface area (TPSA) is 33.0 Å². The molecule has 1 aliphatic heterocycles. The van der Waals surface area contributed by atoms with Crippen LogP contribution in [-0.4, -0.2) is 15.6 Å². The fourth-order valence-corrected chi connectivity index (χ4v) is 4.56. The van der Waals surface area contributed by atoms with Gasteiger partial charge in [-0.25, -0.2) is 0 Å². The van der Waals surface area contributed by atoms with Gasteiger partial charge >= 0.3 is 0 Å². The maximum atomic E-state index is 8.91. The summed E-state index contributed by atoms with van der Waals surface area (Å²) in [5, 5.41) is 8.91. The van der Waals surface area contributed by atoms with E-state index >= 15 is 0 Å². The molecular formula is C9H17NOSi. The minimum absolute atomic E-state index is 0.273. The van der Waals surface area contributed by atoms with Gasteiger partial charge < -0.3 is 4.43 Å². The highest BCUT2D eigenvalue weighted by molar-refractivity contribution is 6.54. The van der Waals surface area contributed by atoms with Gasteiger partial charge in [0.15, 0.2) is 9.04 Å². The van der Waals surface area contributed by atoms with Crippen molar-refractivity contribution in [2.24, 2.45) is 0 Å². The van der Waals surface area contributed by atoms with Crippen LogP contribution in [0.15, 0.2) is 0 Å². The van der Waals surface area contributed by atoms with Gasteiger partial charge in [0.1, 0.15) is 0 Å². The van der Waals surface area contributed by atoms with Crippen LogP contribution in [0.1, 0.15) is 32.6 Å². The first-order valence-electron chi connectivity index (χ1n) is 4.89. The molecule has 0 aromatic heterocycles. The van der Waals surface area contributed by atoms with Crippen LogP contribution in [0.25, 0.3) is 0 Å². The van der Waals surface area contributed by atoms with Gasteiger partial charge in [-0.15, -0.1) is 0 Å². The summed E-state index contributed by atoms with van der Waals surface area (Å²) >= 11 is 0. The second kappa shape index (κ2) is 5.34. The largest absolute Gasteiger partial charge is 0.419 e. The van der Waals surface area contributed by atoms with E-state index in [9.17, 15) is 0 Å². The van der Waals surface area contributed by atoms with Gasteiger partial charge in [0.2, 0.25) is 0 Å². The van der Waals surface area contributed by atoms with Crippen molar-refractivity contribution in [1.82, 2.24) is 0 Å². The van der Waals surface area contributed by atoms with Crippen molar-refractivity contribution in [2.75, 3.05) is 6.61 Å². The Labute approximate surface area is 76.3 Å². The van der Waals surface area contributed by atoms with Gasteiger partial charge in [-0.3, -0.25) is 0 Å². The molecule has 0 bridgehead atoms. The van der Waals surface area contributed by atoms with Crippen LogP contribution in [0.3, 0.4) is 0 Å². The van der Waals surface area contributed by atoms with Gasteiger partial charge in [-0.2, -0.15) is 5.26 Å². The fourth-order valence-electron chi connectivity index (χ4n) is 1.73. The summed E-state index contributed by atoms with van der Waals surface area (Å²) in [5.41, 5.74) is 0.273. The zero-order valence-electron chi connectivity index (χ0n) is 7.75. The summed E-state index contributed by atoms with van der Waals surface area (Å²) in [7, 11) is -1.12. The van der Waals surface area contributed by atoms with Crippen molar-refractivity contribution in [2.45, 2.75) is 44.2 Å². The van der Waals surface area contributed by atoms with E-state index in [-0.39, 0.29) is 5.54 Å². The Hall–Kier alpha value is -0.333. The molecule has 1 fully saturated rings. The zero-order valence-corrected chi connectivity index (χ0v) is 8.91. The number of rotatable bonds is 3. The molecule has 0 radical (unpaired) electrons. The lowest BCUT2D eigenvalue weighted by Gasteiger charge is -2.24. The van der Waals surface area contributed by atoms with Crippen LogP contribution >= 0.6 is 0 Å². The molecule has 1 saturated heterocycles. The van der Waals surface area contributed by atoms with E-state index in [1.807, 2.05) is 0 Å². The van der Waals surface area contributed by atoms with Crippen LogP contribution in [0.4, 0.5) is 0 Å². The molecule has 68 valence electrons. The van der Waals surface area contributed by atoms with Crippen molar-refractivity contribution in [3.05, 3.63) is 0 Å². The molecule has 1 aliphatic rings. The summed E-state index contributed by atoms with van der Waals surface area (Å²) in [6.07, 6.45) is 4.66. The van der Waals surface area contributed by atoms with Gasteiger partial charge in [0.05, 0.1) is 11.6 Å². The minimum Gasteiger partial charge on any atom is -0.419 e. The lowest BCUT2D eigenvalue weighted by Crippen LogP contribution is -2.28. The highest BCUT2D eigenvalue weighted by Gasteiger charge is 2.25. The molecule has 2 nitrogen and oxygen atoms in total. The van der Waals surface area contributed by atoms with Crippen LogP contribution in [0.2, 0.25) is 11.6 Å². The molecule has 2 atom stereocenters. The van der Waals surface area contributed by atoms with Gasteiger partial charge in [0, 0.05) is 6.61 Å². The van der Waals surface area contributed by atoms with E-state index in [0.29, 0.717) is 0 Å². The predicted octanol–water partition coefficient (Wildman–Crippen LogP) is 2.21. The molecule has 1 rings (SSSR count). The molecule has 0 amide bonds. The van der Waals surface area contributed by atoms with Gasteiger partial charge in [0.25, 0.3) is 0 Å². The average molecular weight is 183 g/mol. The molecule has 2 unspecified atom stereocenters. The predicted molar refractivity (Wildman–Crippen MR) is 51.4 cm³/mol. The number of nitrogens with zero attached hydrogens (tertiary/aromatic N) is 1. The summed E-state index contributed by atoms with van der Waals surface area (Å²) in [5.74, 6) is 0. The molecular weight excluding hydrogens is 166 g/mol. The lowest BCUT2D eigenvalue weighted by molar-refractivity contribution is 0.282. The molecule has 1 heterocycles. The van der Waals surface area contributed by atoms with Crippen molar-refractivity contribution in [3.63, 3.8) is 0 Å². The highest BCUT2D eigenvalue weighted by Crippen LogP contribution is 2.24. The molecule has 0 aromatic carbocycles. The van der Waals surface area contributed by atoms with Crippen LogP contribution in [-0.2, 0) is 4.43 Å². The van der Waals surface area contributed by atoms with E-state index in [2.05, 4.69) is 13.0 Å². The molecule has 3 heteroatoms. The molecule has 0 saturated carbocycles. The standard InChI is InChI=1S/C9H17NOSi/c1-2-5-9(8-10)12-7-4-3-6-11-12/h9,12H,2-7H2,1H3. The lowest BCUT2D eigenvalue weighted by atomic mass is 10.3. The smallest absolute Gasteiger partial charge is 0.193 e. The van der Waals surface area contributed by atoms with E-state index in [1.165, 1.54) is 18.9 Å². The monoisotopic (exact) mass is 183 g/mol. The average Bonchev–Trinajstić information content (AvgIpc) is 2.15. The maximum Gasteiger partial charge on any atom is 0.193 e. The number of hydrogen-bond donors (Lipinski definition) is 0. The Morgan fingerprint density at radius 1 is 1.58 bits per heavy atom. The molecule has 12 heavy (non-hydrogen) atoms. The van der Waals surface area contributed by atoms with Crippen LogP contribution < -0.4 is 0 Å². The third-order valence-electron chi connectivity index (χ3n) is 2.43. The van der Waals surface area contributed by atoms with E-state index in [0.717, 1.165) is 19.4 Å². The highest BCUT2D eigenvalue weighted by atomic mass is 28.3. The Morgan fingerprint density at radius 3 is 2.92 bits per heavy atom. The quantitative estimate of drug-likeness (QED) is 0.628. The normalized spacial score (nSPS) is 26.2. The van der Waals surface area contributed by atoms with E-state index in [4.69, 9.17) is 9.69 Å². The van der Waals surface area contributed by atoms with Gasteiger partial charge in [-0.05, 0) is 18.9 Å². The Morgan fingerprint density at radius 2 is 2.42 bits per heavy atom. The summed E-state index contributed by atoms with van der Waals surface area (Å²) in [4.78, 5) is 0. The summed E-state index contributed by atoms with van der Waals surface area (Å²) in [6.45, 7) is 3.06. The minimum atomic E-state index is -1.12. The molecule has 0 aromatic rings. The van der Waals surface area contributed by atoms with Crippen LogP contribution in [0, 0.1) is 11.3 Å². The Kier molecular flexibility index (Phi) is 4.34. The van der Waals surface area contributed by atoms with Crippen LogP contribution in [0.5, 0.6) is 0 Å². The Bertz CT molecular complexity index is 160. The Balaban J connectivity index is 2.36. The van der Waals surface area contributed by atoms with Crippen molar-refractivity contribution >= 4 is 9.04 Å². The number of nitriles is 1. The molecule has 0 N–H and O–H groups in total. The third kappa shape index (κ3) is 2.61. The zero-order chi connectivity index (χ0) is 8.81. The summed E-state index contributed by atoms with van der Waals surface area (Å²) < 4.78 is 5.70. The fraction of sp³-hybridized carbons (Fsp3) is 0.889. The first kappa shape index (κ1) is 9.75. The molecule has 0 aliphatic carbocycles. The summed E-state index contributed by atoms with van der Waals surface area (Å²) in [6, 6.07) is 3.63. The van der Waals surface area contributed by atoms with Crippen molar-refractivity contribution in [3.8, 4) is 6.07 Å². The first-order chi connectivity index (χ1) is 5.88. The second-order valence-electron chi connectivity index (χ2n) is 3.43. The van der Waals surface area contributed by atoms with E-state index in [1.54, 1.807) is 0 Å². The molecule has 0 spiro atoms. The van der Waals surface area contributed by atoms with Gasteiger partial charge in [-0.1, -0.05) is 19.8 Å². The first-order valence-corrected chi connectivity index (χ1v) is 6.85. The van der Waals surface area contributed by atoms with Crippen molar-refractivity contribution in [1.29, 1.82) is 5.26 Å². The van der Waals surface area contributed by atoms with Crippen molar-refractivity contribution < 1.29 is 4.43 Å². The SMILES string of the molecule is CCCC(C#N)[SiH]1CCCCO1. The second-order valence-corrected chi connectivity index (χ2v) is 6.22. The maximum absolute atomic E-state index is 8.91. The number of hydrogen-bond acceptors (Lipinski definition) is 2. The third-order valence-corrected chi connectivity index (χ3v) is 5.45. The van der Waals surface area contributed by atoms with E-state index < -0.39 is 9.04 Å².